The first kappa shape index (κ1) is 24.5. The van der Waals surface area contributed by atoms with Crippen molar-refractivity contribution in [2.24, 2.45) is 4.99 Å². The SMILES string of the molecule is COC(=O)CN1CCC(N=c2cc(Nc3cccc(Cl)c3)nc3/c(=C\c4[nH]c(=O)[nH]c4O)cnn23)CC1. The molecule has 192 valence electrons. The molecular formula is C24H25ClN8O4. The molecule has 12 nitrogen and oxygen atoms in total. The molecule has 37 heavy (non-hydrogen) atoms. The zero-order chi connectivity index (χ0) is 25.9. The molecule has 0 unspecified atom stereocenters. The van der Waals surface area contributed by atoms with Crippen molar-refractivity contribution in [3.05, 3.63) is 68.4 Å². The number of nitrogens with zero attached hydrogens (tertiary/aromatic N) is 5. The molecule has 0 bridgehead atoms. The van der Waals surface area contributed by atoms with Crippen LogP contribution in [0.5, 0.6) is 5.88 Å². The molecule has 0 spiro atoms. The van der Waals surface area contributed by atoms with Crippen LogP contribution in [0.2, 0.25) is 5.02 Å². The van der Waals surface area contributed by atoms with Gasteiger partial charge >= 0.3 is 11.7 Å². The molecule has 5 rings (SSSR count). The molecule has 0 aliphatic carbocycles. The summed E-state index contributed by atoms with van der Waals surface area (Å²) in [5.41, 5.74) is 1.52. The van der Waals surface area contributed by atoms with Crippen LogP contribution in [0.4, 0.5) is 11.5 Å². The number of fused-ring (bicyclic) bond motifs is 1. The smallest absolute Gasteiger partial charge is 0.326 e. The van der Waals surface area contributed by atoms with Gasteiger partial charge in [-0.2, -0.15) is 9.61 Å². The topological polar surface area (TPSA) is 153 Å². The average molecular weight is 525 g/mol. The van der Waals surface area contributed by atoms with Crippen molar-refractivity contribution in [1.29, 1.82) is 0 Å². The lowest BCUT2D eigenvalue weighted by molar-refractivity contribution is -0.142. The number of nitrogens with one attached hydrogen (secondary N) is 3. The Morgan fingerprint density at radius 3 is 2.84 bits per heavy atom. The summed E-state index contributed by atoms with van der Waals surface area (Å²) < 4.78 is 6.39. The quantitative estimate of drug-likeness (QED) is 0.272. The van der Waals surface area contributed by atoms with Crippen molar-refractivity contribution in [2.75, 3.05) is 32.1 Å². The number of benzene rings is 1. The maximum Gasteiger partial charge on any atom is 0.326 e. The van der Waals surface area contributed by atoms with Gasteiger partial charge in [-0.15, -0.1) is 0 Å². The molecule has 4 N–H and O–H groups in total. The minimum absolute atomic E-state index is 0.0280. The van der Waals surface area contributed by atoms with Crippen molar-refractivity contribution in [3.63, 3.8) is 0 Å². The number of H-pyrrole nitrogens is 2. The third kappa shape index (κ3) is 5.65. The highest BCUT2D eigenvalue weighted by molar-refractivity contribution is 6.30. The highest BCUT2D eigenvalue weighted by atomic mass is 35.5. The number of rotatable bonds is 6. The first-order valence-corrected chi connectivity index (χ1v) is 12.0. The van der Waals surface area contributed by atoms with Gasteiger partial charge in [0.2, 0.25) is 5.88 Å². The molecule has 0 amide bonds. The largest absolute Gasteiger partial charge is 0.493 e. The van der Waals surface area contributed by atoms with Gasteiger partial charge in [-0.1, -0.05) is 17.7 Å². The van der Waals surface area contributed by atoms with Gasteiger partial charge in [0.25, 0.3) is 0 Å². The molecule has 4 heterocycles. The molecule has 0 saturated carbocycles. The Balaban J connectivity index is 1.54. The van der Waals surface area contributed by atoms with Gasteiger partial charge in [0.1, 0.15) is 11.5 Å². The van der Waals surface area contributed by atoms with E-state index in [0.29, 0.717) is 27.2 Å². The number of hydrogen-bond donors (Lipinski definition) is 4. The molecule has 0 radical (unpaired) electrons. The number of anilines is 2. The number of imidazole rings is 1. The van der Waals surface area contributed by atoms with E-state index in [-0.39, 0.29) is 30.1 Å². The van der Waals surface area contributed by atoms with Crippen LogP contribution in [-0.2, 0) is 9.53 Å². The van der Waals surface area contributed by atoms with E-state index in [9.17, 15) is 14.7 Å². The van der Waals surface area contributed by atoms with Crippen molar-refractivity contribution >= 4 is 40.8 Å². The second-order valence-corrected chi connectivity index (χ2v) is 9.10. The van der Waals surface area contributed by atoms with Gasteiger partial charge in [0.15, 0.2) is 11.1 Å². The lowest BCUT2D eigenvalue weighted by Crippen LogP contribution is -2.39. The number of aromatic hydroxyl groups is 1. The first-order chi connectivity index (χ1) is 17.9. The lowest BCUT2D eigenvalue weighted by atomic mass is 10.1. The Morgan fingerprint density at radius 1 is 1.32 bits per heavy atom. The number of ether oxygens (including phenoxy) is 1. The number of carbonyl (C=O) groups is 1. The van der Waals surface area contributed by atoms with E-state index in [1.165, 1.54) is 7.11 Å². The molecular weight excluding hydrogens is 500 g/mol. The standard InChI is InChI=1S/C24H25ClN8O4/c1-37-21(34)13-32-7-5-16(6-8-32)28-20-11-19(27-17-4-2-3-15(25)10-17)30-22-14(12-26-33(20)22)9-18-23(35)31-24(36)29-18/h2-4,9-12,16,27,35H,5-8,13H2,1H3,(H2,29,31,36)/b14-9-,28-20?. The van der Waals surface area contributed by atoms with E-state index in [1.54, 1.807) is 35.0 Å². The highest BCUT2D eigenvalue weighted by Crippen LogP contribution is 2.19. The number of aromatic amines is 2. The van der Waals surface area contributed by atoms with E-state index < -0.39 is 5.69 Å². The predicted octanol–water partition coefficient (Wildman–Crippen LogP) is 0.934. The van der Waals surface area contributed by atoms with Gasteiger partial charge < -0.3 is 20.1 Å². The number of halogens is 1. The normalized spacial score (nSPS) is 15.9. The maximum atomic E-state index is 11.6. The fourth-order valence-electron chi connectivity index (χ4n) is 4.22. The van der Waals surface area contributed by atoms with Crippen LogP contribution in [0.3, 0.4) is 0 Å². The van der Waals surface area contributed by atoms with Crippen LogP contribution in [0.1, 0.15) is 18.5 Å². The van der Waals surface area contributed by atoms with Crippen LogP contribution < -0.4 is 21.7 Å². The molecule has 1 aliphatic rings. The molecule has 13 heteroatoms. The van der Waals surface area contributed by atoms with E-state index in [2.05, 4.69) is 25.3 Å². The number of piperidine rings is 1. The summed E-state index contributed by atoms with van der Waals surface area (Å²) in [5, 5.41) is 18.9. The van der Waals surface area contributed by atoms with Crippen LogP contribution in [-0.4, -0.2) is 73.3 Å². The van der Waals surface area contributed by atoms with Crippen LogP contribution in [0.25, 0.3) is 11.7 Å². The summed E-state index contributed by atoms with van der Waals surface area (Å²) in [6, 6.07) is 9.11. The number of hydrogen-bond acceptors (Lipinski definition) is 9. The summed E-state index contributed by atoms with van der Waals surface area (Å²) in [7, 11) is 1.39. The summed E-state index contributed by atoms with van der Waals surface area (Å²) in [4.78, 5) is 39.7. The Hall–Kier alpha value is -4.16. The highest BCUT2D eigenvalue weighted by Gasteiger charge is 2.21. The van der Waals surface area contributed by atoms with E-state index >= 15 is 0 Å². The molecule has 4 aromatic rings. The van der Waals surface area contributed by atoms with Crippen LogP contribution in [0, 0.1) is 0 Å². The van der Waals surface area contributed by atoms with Gasteiger partial charge in [-0.3, -0.25) is 19.7 Å². The van der Waals surface area contributed by atoms with Crippen LogP contribution in [0.15, 0.2) is 46.3 Å². The molecule has 1 aliphatic heterocycles. The fourth-order valence-corrected chi connectivity index (χ4v) is 4.41. The monoisotopic (exact) mass is 524 g/mol. The number of methoxy groups -OCH3 is 1. The lowest BCUT2D eigenvalue weighted by Gasteiger charge is -2.28. The van der Waals surface area contributed by atoms with Crippen molar-refractivity contribution < 1.29 is 14.6 Å². The summed E-state index contributed by atoms with van der Waals surface area (Å²) >= 11 is 6.15. The molecule has 1 saturated heterocycles. The third-order valence-corrected chi connectivity index (χ3v) is 6.30. The summed E-state index contributed by atoms with van der Waals surface area (Å²) in [6.45, 7) is 1.72. The zero-order valence-electron chi connectivity index (χ0n) is 19.9. The van der Waals surface area contributed by atoms with Gasteiger partial charge in [0.05, 0.1) is 25.9 Å². The van der Waals surface area contributed by atoms with E-state index in [4.69, 9.17) is 26.3 Å². The Kier molecular flexibility index (Phi) is 6.93. The maximum absolute atomic E-state index is 11.6. The predicted molar refractivity (Wildman–Crippen MR) is 137 cm³/mol. The number of carbonyl (C=O) groups excluding carboxylic acids is 1. The summed E-state index contributed by atoms with van der Waals surface area (Å²) in [6.07, 6.45) is 4.72. The second-order valence-electron chi connectivity index (χ2n) is 8.67. The first-order valence-electron chi connectivity index (χ1n) is 11.7. The fraction of sp³-hybridized carbons (Fsp3) is 0.292. The van der Waals surface area contributed by atoms with E-state index in [1.807, 2.05) is 12.1 Å². The molecule has 1 fully saturated rings. The van der Waals surface area contributed by atoms with Crippen molar-refractivity contribution in [1.82, 2.24) is 29.5 Å². The Morgan fingerprint density at radius 2 is 2.14 bits per heavy atom. The Bertz CT molecular complexity index is 1620. The molecule has 0 atom stereocenters. The molecule has 3 aromatic heterocycles. The van der Waals surface area contributed by atoms with Gasteiger partial charge in [0, 0.05) is 35.1 Å². The second kappa shape index (κ2) is 10.4. The van der Waals surface area contributed by atoms with Gasteiger partial charge in [-0.05, 0) is 37.1 Å². The number of aromatic nitrogens is 5. The number of likely N-dealkylation sites (tertiary alicyclic amines) is 1. The number of esters is 1. The minimum Gasteiger partial charge on any atom is -0.493 e. The van der Waals surface area contributed by atoms with Crippen LogP contribution >= 0.6 is 11.6 Å². The average Bonchev–Trinajstić information content (AvgIpc) is 3.42. The Labute approximate surface area is 215 Å². The third-order valence-electron chi connectivity index (χ3n) is 6.06. The van der Waals surface area contributed by atoms with Crippen molar-refractivity contribution in [2.45, 2.75) is 18.9 Å². The van der Waals surface area contributed by atoms with Gasteiger partial charge in [-0.25, -0.2) is 9.78 Å². The molecule has 1 aromatic carbocycles. The van der Waals surface area contributed by atoms with Crippen molar-refractivity contribution in [3.8, 4) is 5.88 Å². The van der Waals surface area contributed by atoms with E-state index in [0.717, 1.165) is 31.6 Å². The minimum atomic E-state index is -0.522. The zero-order valence-corrected chi connectivity index (χ0v) is 20.7. The summed E-state index contributed by atoms with van der Waals surface area (Å²) in [5.74, 6) is -0.00199.